The van der Waals surface area contributed by atoms with Gasteiger partial charge in [-0.2, -0.15) is 5.26 Å². The number of rotatable bonds is 3. The van der Waals surface area contributed by atoms with Gasteiger partial charge in [0.2, 0.25) is 0 Å². The van der Waals surface area contributed by atoms with E-state index >= 15 is 0 Å². The molecule has 2 rings (SSSR count). The van der Waals surface area contributed by atoms with Gasteiger partial charge in [-0.15, -0.1) is 0 Å². The second-order valence-corrected chi connectivity index (χ2v) is 3.78. The monoisotopic (exact) mass is 260 g/mol. The molecule has 0 amide bonds. The van der Waals surface area contributed by atoms with Crippen LogP contribution in [-0.4, -0.2) is 17.1 Å². The number of hydrogen-bond acceptors (Lipinski definition) is 5. The van der Waals surface area contributed by atoms with Gasteiger partial charge in [0.1, 0.15) is 17.6 Å². The molecule has 0 atom stereocenters. The Balaban J connectivity index is 2.25. The van der Waals surface area contributed by atoms with Gasteiger partial charge in [0.25, 0.3) is 0 Å². The highest BCUT2D eigenvalue weighted by Crippen LogP contribution is 2.28. The molecule has 1 heterocycles. The summed E-state index contributed by atoms with van der Waals surface area (Å²) >= 11 is 6.04. The first kappa shape index (κ1) is 12.1. The normalized spacial score (nSPS) is 9.61. The van der Waals surface area contributed by atoms with Gasteiger partial charge in [0, 0.05) is 6.07 Å². The number of ether oxygens (including phenoxy) is 1. The van der Waals surface area contributed by atoms with Gasteiger partial charge in [0.15, 0.2) is 5.69 Å². The molecule has 0 saturated heterocycles. The van der Waals surface area contributed by atoms with Crippen LogP contribution >= 0.6 is 11.6 Å². The molecule has 0 saturated carbocycles. The van der Waals surface area contributed by atoms with Crippen LogP contribution in [0.15, 0.2) is 30.6 Å². The predicted molar refractivity (Wildman–Crippen MR) is 68.0 cm³/mol. The molecular formula is C12H9ClN4O. The lowest BCUT2D eigenvalue weighted by molar-refractivity contribution is 0.415. The molecule has 2 aromatic rings. The minimum absolute atomic E-state index is 0.261. The Morgan fingerprint density at radius 1 is 1.33 bits per heavy atom. The maximum atomic E-state index is 8.62. The number of nitriles is 1. The van der Waals surface area contributed by atoms with E-state index in [1.807, 2.05) is 6.07 Å². The lowest BCUT2D eigenvalue weighted by atomic mass is 10.3. The average Bonchev–Trinajstić information content (AvgIpc) is 2.42. The van der Waals surface area contributed by atoms with E-state index in [0.29, 0.717) is 22.3 Å². The fraction of sp³-hybridized carbons (Fsp3) is 0.0833. The summed E-state index contributed by atoms with van der Waals surface area (Å²) in [5.74, 6) is 1.19. The van der Waals surface area contributed by atoms with E-state index in [0.717, 1.165) is 0 Å². The SMILES string of the molecule is COc1ccc(Cl)c(Nc2cnc(C#N)cn2)c1. The van der Waals surface area contributed by atoms with Crippen LogP contribution in [0.4, 0.5) is 11.5 Å². The van der Waals surface area contributed by atoms with E-state index in [1.54, 1.807) is 25.3 Å². The van der Waals surface area contributed by atoms with E-state index in [2.05, 4.69) is 15.3 Å². The van der Waals surface area contributed by atoms with Crippen LogP contribution in [0.5, 0.6) is 5.75 Å². The zero-order chi connectivity index (χ0) is 13.0. The van der Waals surface area contributed by atoms with Crippen molar-refractivity contribution >= 4 is 23.1 Å². The topological polar surface area (TPSA) is 70.8 Å². The number of anilines is 2. The molecule has 90 valence electrons. The summed E-state index contributed by atoms with van der Waals surface area (Å²) in [7, 11) is 1.58. The average molecular weight is 261 g/mol. The van der Waals surface area contributed by atoms with Crippen LogP contribution < -0.4 is 10.1 Å². The molecule has 1 aromatic heterocycles. The Morgan fingerprint density at radius 2 is 2.17 bits per heavy atom. The van der Waals surface area contributed by atoms with Crippen LogP contribution in [0.1, 0.15) is 5.69 Å². The molecule has 5 nitrogen and oxygen atoms in total. The lowest BCUT2D eigenvalue weighted by Crippen LogP contribution is -1.96. The van der Waals surface area contributed by atoms with Gasteiger partial charge in [-0.3, -0.25) is 0 Å². The second-order valence-electron chi connectivity index (χ2n) is 3.37. The standard InChI is InChI=1S/C12H9ClN4O/c1-18-9-2-3-10(13)11(4-9)17-12-7-15-8(5-14)6-16-12/h2-4,6-7H,1H3,(H,16,17). The molecule has 0 aliphatic carbocycles. The number of nitrogens with zero attached hydrogens (tertiary/aromatic N) is 3. The van der Waals surface area contributed by atoms with Crippen molar-refractivity contribution in [1.82, 2.24) is 9.97 Å². The van der Waals surface area contributed by atoms with Crippen LogP contribution in [0.25, 0.3) is 0 Å². The first-order valence-corrected chi connectivity index (χ1v) is 5.43. The number of benzene rings is 1. The van der Waals surface area contributed by atoms with Crippen molar-refractivity contribution < 1.29 is 4.74 Å². The Hall–Kier alpha value is -2.32. The van der Waals surface area contributed by atoms with Crippen molar-refractivity contribution in [3.8, 4) is 11.8 Å². The minimum Gasteiger partial charge on any atom is -0.497 e. The van der Waals surface area contributed by atoms with Gasteiger partial charge in [-0.1, -0.05) is 11.6 Å². The molecule has 0 bridgehead atoms. The molecule has 18 heavy (non-hydrogen) atoms. The van der Waals surface area contributed by atoms with Crippen molar-refractivity contribution in [2.24, 2.45) is 0 Å². The molecule has 0 spiro atoms. The van der Waals surface area contributed by atoms with Crippen LogP contribution in [0, 0.1) is 11.3 Å². The summed E-state index contributed by atoms with van der Waals surface area (Å²) in [6.45, 7) is 0. The van der Waals surface area contributed by atoms with Crippen LogP contribution in [0.3, 0.4) is 0 Å². The highest BCUT2D eigenvalue weighted by Gasteiger charge is 2.04. The Morgan fingerprint density at radius 3 is 2.78 bits per heavy atom. The molecule has 0 aliphatic rings. The van der Waals surface area contributed by atoms with E-state index in [1.165, 1.54) is 12.4 Å². The molecule has 0 radical (unpaired) electrons. The smallest absolute Gasteiger partial charge is 0.158 e. The Bertz CT molecular complexity index is 592. The maximum Gasteiger partial charge on any atom is 0.158 e. The third-order valence-corrected chi connectivity index (χ3v) is 2.53. The first-order chi connectivity index (χ1) is 8.72. The summed E-state index contributed by atoms with van der Waals surface area (Å²) in [4.78, 5) is 7.95. The largest absolute Gasteiger partial charge is 0.497 e. The molecule has 0 fully saturated rings. The van der Waals surface area contributed by atoms with Gasteiger partial charge in [-0.25, -0.2) is 9.97 Å². The van der Waals surface area contributed by atoms with E-state index in [4.69, 9.17) is 21.6 Å². The second kappa shape index (κ2) is 5.34. The highest BCUT2D eigenvalue weighted by atomic mass is 35.5. The van der Waals surface area contributed by atoms with E-state index in [9.17, 15) is 0 Å². The molecule has 0 unspecified atom stereocenters. The third kappa shape index (κ3) is 2.67. The summed E-state index contributed by atoms with van der Waals surface area (Å²) in [6.07, 6.45) is 2.85. The third-order valence-electron chi connectivity index (χ3n) is 2.20. The van der Waals surface area contributed by atoms with E-state index < -0.39 is 0 Å². The molecular weight excluding hydrogens is 252 g/mol. The van der Waals surface area contributed by atoms with Crippen molar-refractivity contribution in [2.75, 3.05) is 12.4 Å². The fourth-order valence-corrected chi connectivity index (χ4v) is 1.48. The maximum absolute atomic E-state index is 8.62. The van der Waals surface area contributed by atoms with Gasteiger partial charge in [-0.05, 0) is 12.1 Å². The van der Waals surface area contributed by atoms with Crippen molar-refractivity contribution in [3.05, 3.63) is 41.3 Å². The molecule has 1 aromatic carbocycles. The Labute approximate surface area is 109 Å². The van der Waals surface area contributed by atoms with Gasteiger partial charge in [0.05, 0.1) is 30.2 Å². The summed E-state index contributed by atoms with van der Waals surface area (Å²) in [5, 5.41) is 12.2. The lowest BCUT2D eigenvalue weighted by Gasteiger charge is -2.08. The minimum atomic E-state index is 0.261. The fourth-order valence-electron chi connectivity index (χ4n) is 1.32. The van der Waals surface area contributed by atoms with Crippen molar-refractivity contribution in [2.45, 2.75) is 0 Å². The van der Waals surface area contributed by atoms with Gasteiger partial charge < -0.3 is 10.1 Å². The van der Waals surface area contributed by atoms with E-state index in [-0.39, 0.29) is 5.69 Å². The number of hydrogen-bond donors (Lipinski definition) is 1. The van der Waals surface area contributed by atoms with Crippen LogP contribution in [-0.2, 0) is 0 Å². The Kier molecular flexibility index (Phi) is 3.60. The molecule has 1 N–H and O–H groups in total. The summed E-state index contributed by atoms with van der Waals surface area (Å²) in [5.41, 5.74) is 0.923. The summed E-state index contributed by atoms with van der Waals surface area (Å²) in [6, 6.07) is 7.14. The molecule has 0 aliphatic heterocycles. The zero-order valence-electron chi connectivity index (χ0n) is 9.51. The number of halogens is 1. The van der Waals surface area contributed by atoms with Gasteiger partial charge >= 0.3 is 0 Å². The highest BCUT2D eigenvalue weighted by molar-refractivity contribution is 6.33. The number of nitrogens with one attached hydrogen (secondary N) is 1. The summed E-state index contributed by atoms with van der Waals surface area (Å²) < 4.78 is 5.11. The quantitative estimate of drug-likeness (QED) is 0.919. The molecule has 6 heteroatoms. The predicted octanol–water partition coefficient (Wildman–Crippen LogP) is 2.75. The first-order valence-electron chi connectivity index (χ1n) is 5.05. The van der Waals surface area contributed by atoms with Crippen molar-refractivity contribution in [1.29, 1.82) is 5.26 Å². The van der Waals surface area contributed by atoms with Crippen molar-refractivity contribution in [3.63, 3.8) is 0 Å². The number of aromatic nitrogens is 2. The van der Waals surface area contributed by atoms with Crippen LogP contribution in [0.2, 0.25) is 5.02 Å². The zero-order valence-corrected chi connectivity index (χ0v) is 10.3. The number of methoxy groups -OCH3 is 1.